The summed E-state index contributed by atoms with van der Waals surface area (Å²) in [5.41, 5.74) is 5.17. The molecule has 4 aromatic rings. The second-order valence-electron chi connectivity index (χ2n) is 9.71. The first-order valence-corrected chi connectivity index (χ1v) is 13.0. The number of methoxy groups -OCH3 is 1. The van der Waals surface area contributed by atoms with E-state index in [1.54, 1.807) is 26.0 Å². The van der Waals surface area contributed by atoms with Gasteiger partial charge in [0.05, 0.1) is 19.7 Å². The number of ether oxygens (including phenoxy) is 1. The van der Waals surface area contributed by atoms with Gasteiger partial charge in [0, 0.05) is 11.3 Å². The SMILES string of the molecule is CN[C@@H](C)C(=O)N[C@H]1CCc2ccccc2N(Cc2c(OC)ccc3cc(-c4ccccc4)ccc23)C1=O.Cl. The smallest absolute Gasteiger partial charge is 0.249 e. The van der Waals surface area contributed by atoms with Crippen LogP contribution in [-0.4, -0.2) is 38.1 Å². The number of amides is 2. The van der Waals surface area contributed by atoms with Crippen molar-refractivity contribution in [1.29, 1.82) is 0 Å². The molecule has 2 N–H and O–H groups in total. The Morgan fingerprint density at radius 2 is 1.74 bits per heavy atom. The fraction of sp³-hybridized carbons (Fsp3) is 0.250. The molecule has 2 atom stereocenters. The second kappa shape index (κ2) is 12.3. The Hall–Kier alpha value is -3.87. The number of fused-ring (bicyclic) bond motifs is 2. The highest BCUT2D eigenvalue weighted by Gasteiger charge is 2.33. The number of hydrogen-bond donors (Lipinski definition) is 2. The van der Waals surface area contributed by atoms with E-state index in [0.29, 0.717) is 19.4 Å². The van der Waals surface area contributed by atoms with Crippen molar-refractivity contribution < 1.29 is 14.3 Å². The van der Waals surface area contributed by atoms with Gasteiger partial charge in [-0.25, -0.2) is 0 Å². The predicted molar refractivity (Wildman–Crippen MR) is 160 cm³/mol. The van der Waals surface area contributed by atoms with Gasteiger partial charge in [-0.05, 0) is 72.5 Å². The van der Waals surface area contributed by atoms with Crippen molar-refractivity contribution in [2.24, 2.45) is 0 Å². The third kappa shape index (κ3) is 5.77. The molecule has 1 aliphatic heterocycles. The number of nitrogens with zero attached hydrogens (tertiary/aromatic N) is 1. The molecule has 0 unspecified atom stereocenters. The van der Waals surface area contributed by atoms with Gasteiger partial charge in [-0.2, -0.15) is 0 Å². The lowest BCUT2D eigenvalue weighted by Crippen LogP contribution is -2.52. The summed E-state index contributed by atoms with van der Waals surface area (Å²) in [5, 5.41) is 8.03. The van der Waals surface area contributed by atoms with Gasteiger partial charge in [0.15, 0.2) is 0 Å². The molecule has 0 aliphatic carbocycles. The van der Waals surface area contributed by atoms with Crippen molar-refractivity contribution in [3.05, 3.63) is 96.1 Å². The van der Waals surface area contributed by atoms with Gasteiger partial charge in [0.2, 0.25) is 11.8 Å². The van der Waals surface area contributed by atoms with Gasteiger partial charge in [-0.3, -0.25) is 9.59 Å². The molecule has 0 saturated heterocycles. The molecule has 4 aromatic carbocycles. The van der Waals surface area contributed by atoms with Gasteiger partial charge in [-0.15, -0.1) is 12.4 Å². The summed E-state index contributed by atoms with van der Waals surface area (Å²) in [6, 6.07) is 27.7. The van der Waals surface area contributed by atoms with Crippen LogP contribution >= 0.6 is 12.4 Å². The molecule has 0 saturated carbocycles. The summed E-state index contributed by atoms with van der Waals surface area (Å²) < 4.78 is 5.79. The number of nitrogens with one attached hydrogen (secondary N) is 2. The van der Waals surface area contributed by atoms with Crippen LogP contribution in [0.5, 0.6) is 5.75 Å². The zero-order valence-electron chi connectivity index (χ0n) is 22.4. The molecule has 7 heteroatoms. The normalized spacial score (nSPS) is 15.6. The summed E-state index contributed by atoms with van der Waals surface area (Å²) in [7, 11) is 3.39. The maximum Gasteiger partial charge on any atom is 0.249 e. The number of carbonyl (C=O) groups excluding carboxylic acids is 2. The monoisotopic (exact) mass is 543 g/mol. The zero-order valence-corrected chi connectivity index (χ0v) is 23.3. The van der Waals surface area contributed by atoms with E-state index in [1.807, 2.05) is 42.5 Å². The molecule has 39 heavy (non-hydrogen) atoms. The average Bonchev–Trinajstić information content (AvgIpc) is 3.09. The van der Waals surface area contributed by atoms with Crippen LogP contribution in [0.1, 0.15) is 24.5 Å². The average molecular weight is 544 g/mol. The van der Waals surface area contributed by atoms with E-state index < -0.39 is 6.04 Å². The summed E-state index contributed by atoms with van der Waals surface area (Å²) in [6.07, 6.45) is 1.24. The Bertz CT molecular complexity index is 1470. The molecule has 1 heterocycles. The molecule has 5 rings (SSSR count). The Morgan fingerprint density at radius 1 is 1.00 bits per heavy atom. The number of rotatable bonds is 7. The Morgan fingerprint density at radius 3 is 2.49 bits per heavy atom. The first-order chi connectivity index (χ1) is 18.5. The van der Waals surface area contributed by atoms with Crippen LogP contribution in [0.3, 0.4) is 0 Å². The van der Waals surface area contributed by atoms with Gasteiger partial charge < -0.3 is 20.3 Å². The molecule has 0 bridgehead atoms. The number of aryl methyl sites for hydroxylation is 1. The van der Waals surface area contributed by atoms with Gasteiger partial charge >= 0.3 is 0 Å². The largest absolute Gasteiger partial charge is 0.496 e. The number of hydrogen-bond acceptors (Lipinski definition) is 4. The first kappa shape index (κ1) is 28.1. The van der Waals surface area contributed by atoms with E-state index in [2.05, 4.69) is 53.1 Å². The van der Waals surface area contributed by atoms with E-state index >= 15 is 0 Å². The molecular weight excluding hydrogens is 510 g/mol. The molecule has 0 spiro atoms. The minimum atomic E-state index is -0.614. The van der Waals surface area contributed by atoms with Crippen LogP contribution in [0.2, 0.25) is 0 Å². The number of carbonyl (C=O) groups is 2. The van der Waals surface area contributed by atoms with Crippen molar-refractivity contribution in [3.63, 3.8) is 0 Å². The minimum Gasteiger partial charge on any atom is -0.496 e. The minimum absolute atomic E-state index is 0. The van der Waals surface area contributed by atoms with Crippen molar-refractivity contribution in [2.45, 2.75) is 38.4 Å². The standard InChI is InChI=1S/C32H33N3O3.ClH/c1-21(33-2)31(36)34-28-17-14-23-11-7-8-12-29(23)35(32(28)37)20-27-26-16-13-24(22-9-5-4-6-10-22)19-25(26)15-18-30(27)38-3;/h4-13,15-16,18-19,21,28,33H,14,17,20H2,1-3H3,(H,34,36);1H/t21-,28-;/m0./s1. The van der Waals surface area contributed by atoms with Crippen molar-refractivity contribution in [1.82, 2.24) is 10.6 Å². The fourth-order valence-corrected chi connectivity index (χ4v) is 5.14. The Labute approximate surface area is 235 Å². The molecule has 6 nitrogen and oxygen atoms in total. The number of benzene rings is 4. The third-order valence-corrected chi connectivity index (χ3v) is 7.42. The highest BCUT2D eigenvalue weighted by Crippen LogP contribution is 2.35. The van der Waals surface area contributed by atoms with E-state index in [4.69, 9.17) is 4.74 Å². The van der Waals surface area contributed by atoms with Crippen LogP contribution in [-0.2, 0) is 22.6 Å². The van der Waals surface area contributed by atoms with Crippen molar-refractivity contribution in [3.8, 4) is 16.9 Å². The number of likely N-dealkylation sites (N-methyl/N-ethyl adjacent to an activating group) is 1. The summed E-state index contributed by atoms with van der Waals surface area (Å²) in [5.74, 6) is 0.420. The Balaban J connectivity index is 0.00000353. The fourth-order valence-electron chi connectivity index (χ4n) is 5.14. The maximum absolute atomic E-state index is 14.0. The lowest BCUT2D eigenvalue weighted by molar-refractivity contribution is -0.128. The Kier molecular flexibility index (Phi) is 8.90. The maximum atomic E-state index is 14.0. The number of anilines is 1. The van der Waals surface area contributed by atoms with Gasteiger partial charge in [0.25, 0.3) is 0 Å². The molecule has 1 aliphatic rings. The highest BCUT2D eigenvalue weighted by atomic mass is 35.5. The number of halogens is 1. The van der Waals surface area contributed by atoms with Gasteiger partial charge in [-0.1, -0.05) is 66.7 Å². The molecule has 0 aromatic heterocycles. The lowest BCUT2D eigenvalue weighted by atomic mass is 9.97. The topological polar surface area (TPSA) is 70.7 Å². The summed E-state index contributed by atoms with van der Waals surface area (Å²) in [4.78, 5) is 28.5. The third-order valence-electron chi connectivity index (χ3n) is 7.42. The van der Waals surface area contributed by atoms with Crippen LogP contribution in [0, 0.1) is 0 Å². The van der Waals surface area contributed by atoms with Crippen LogP contribution in [0.25, 0.3) is 21.9 Å². The van der Waals surface area contributed by atoms with E-state index in [-0.39, 0.29) is 30.3 Å². The molecular formula is C32H34ClN3O3. The molecule has 0 fully saturated rings. The van der Waals surface area contributed by atoms with Crippen LogP contribution in [0.15, 0.2) is 84.9 Å². The first-order valence-electron chi connectivity index (χ1n) is 13.0. The summed E-state index contributed by atoms with van der Waals surface area (Å²) in [6.45, 7) is 2.11. The van der Waals surface area contributed by atoms with E-state index in [0.717, 1.165) is 44.5 Å². The van der Waals surface area contributed by atoms with Gasteiger partial charge in [0.1, 0.15) is 11.8 Å². The molecule has 0 radical (unpaired) electrons. The van der Waals surface area contributed by atoms with Crippen molar-refractivity contribution >= 4 is 40.7 Å². The van der Waals surface area contributed by atoms with E-state index in [9.17, 15) is 9.59 Å². The van der Waals surface area contributed by atoms with Crippen LogP contribution in [0.4, 0.5) is 5.69 Å². The van der Waals surface area contributed by atoms with E-state index in [1.165, 1.54) is 0 Å². The molecule has 202 valence electrons. The number of para-hydroxylation sites is 1. The predicted octanol–water partition coefficient (Wildman–Crippen LogP) is 5.51. The second-order valence-corrected chi connectivity index (χ2v) is 9.71. The highest BCUT2D eigenvalue weighted by molar-refractivity contribution is 6.02. The lowest BCUT2D eigenvalue weighted by Gasteiger charge is -2.28. The van der Waals surface area contributed by atoms with Crippen molar-refractivity contribution in [2.75, 3.05) is 19.1 Å². The quantitative estimate of drug-likeness (QED) is 0.322. The zero-order chi connectivity index (χ0) is 26.6. The van der Waals surface area contributed by atoms with Crippen LogP contribution < -0.4 is 20.3 Å². The summed E-state index contributed by atoms with van der Waals surface area (Å²) >= 11 is 0. The molecule has 2 amide bonds.